The molecule has 3 nitrogen and oxygen atoms in total. The van der Waals surface area contributed by atoms with Gasteiger partial charge in [-0.25, -0.2) is 0 Å². The fourth-order valence-corrected chi connectivity index (χ4v) is 2.68. The molecule has 0 saturated carbocycles. The van der Waals surface area contributed by atoms with Crippen LogP contribution in [0.2, 0.25) is 0 Å². The maximum atomic E-state index is 10.6. The van der Waals surface area contributed by atoms with Crippen molar-refractivity contribution in [3.05, 3.63) is 17.0 Å². The zero-order chi connectivity index (χ0) is 10.8. The number of nitrogens with zero attached hydrogens (tertiary/aromatic N) is 1. The number of β-amino-alcohol motifs (C(OH)–C–C–N with tert-alkyl or cyclic N) is 1. The molecular formula is C11H15NO2S. The number of carbonyl (C=O) groups excluding carboxylic acids is 1. The van der Waals surface area contributed by atoms with Crippen molar-refractivity contribution < 1.29 is 9.90 Å². The number of piperidine rings is 1. The fraction of sp³-hybridized carbons (Fsp3) is 0.545. The largest absolute Gasteiger partial charge is 0.391 e. The van der Waals surface area contributed by atoms with E-state index in [-0.39, 0.29) is 6.10 Å². The average Bonchev–Trinajstić information content (AvgIpc) is 2.70. The Balaban J connectivity index is 2.08. The summed E-state index contributed by atoms with van der Waals surface area (Å²) >= 11 is 1.49. The Bertz CT molecular complexity index is 350. The lowest BCUT2D eigenvalue weighted by molar-refractivity contribution is 0.103. The van der Waals surface area contributed by atoms with E-state index in [0.717, 1.165) is 29.1 Å². The van der Waals surface area contributed by atoms with Crippen LogP contribution in [0.3, 0.4) is 0 Å². The second kappa shape index (κ2) is 4.33. The molecular weight excluding hydrogens is 210 g/mol. The van der Waals surface area contributed by atoms with Crippen molar-refractivity contribution in [1.29, 1.82) is 0 Å². The molecule has 2 rings (SSSR count). The molecule has 1 N–H and O–H groups in total. The van der Waals surface area contributed by atoms with E-state index in [0.29, 0.717) is 12.5 Å². The van der Waals surface area contributed by atoms with Crippen LogP contribution >= 0.6 is 11.3 Å². The molecule has 2 atom stereocenters. The number of aliphatic hydroxyl groups is 1. The van der Waals surface area contributed by atoms with E-state index in [1.54, 1.807) is 0 Å². The standard InChI is InChI=1S/C11H15NO2S/c1-8-4-5-12(6-10(8)14)11-3-2-9(7-13)15-11/h2-3,7-8,10,14H,4-6H2,1H3. The van der Waals surface area contributed by atoms with Gasteiger partial charge in [-0.15, -0.1) is 11.3 Å². The van der Waals surface area contributed by atoms with Crippen molar-refractivity contribution in [3.8, 4) is 0 Å². The number of hydrogen-bond acceptors (Lipinski definition) is 4. The summed E-state index contributed by atoms with van der Waals surface area (Å²) in [6.45, 7) is 3.73. The Morgan fingerprint density at radius 1 is 1.60 bits per heavy atom. The molecule has 1 aliphatic rings. The Labute approximate surface area is 93.3 Å². The minimum absolute atomic E-state index is 0.250. The lowest BCUT2D eigenvalue weighted by atomic mass is 9.96. The zero-order valence-corrected chi connectivity index (χ0v) is 9.54. The van der Waals surface area contributed by atoms with E-state index in [1.807, 2.05) is 12.1 Å². The van der Waals surface area contributed by atoms with Crippen LogP contribution in [0, 0.1) is 5.92 Å². The number of rotatable bonds is 2. The highest BCUT2D eigenvalue weighted by molar-refractivity contribution is 7.17. The van der Waals surface area contributed by atoms with Crippen LogP contribution < -0.4 is 4.90 Å². The summed E-state index contributed by atoms with van der Waals surface area (Å²) in [4.78, 5) is 13.5. The maximum Gasteiger partial charge on any atom is 0.160 e. The molecule has 1 aromatic rings. The van der Waals surface area contributed by atoms with Crippen LogP contribution in [0.15, 0.2) is 12.1 Å². The lowest BCUT2D eigenvalue weighted by Crippen LogP contribution is -2.42. The molecule has 0 bridgehead atoms. The van der Waals surface area contributed by atoms with Crippen LogP contribution in [0.1, 0.15) is 23.0 Å². The number of hydrogen-bond donors (Lipinski definition) is 1. The van der Waals surface area contributed by atoms with Crippen LogP contribution in [0.25, 0.3) is 0 Å². The van der Waals surface area contributed by atoms with Gasteiger partial charge in [0.2, 0.25) is 0 Å². The first-order chi connectivity index (χ1) is 7.20. The average molecular weight is 225 g/mol. The molecule has 0 amide bonds. The van der Waals surface area contributed by atoms with Gasteiger partial charge in [-0.05, 0) is 24.5 Å². The van der Waals surface area contributed by atoms with Gasteiger partial charge in [0.25, 0.3) is 0 Å². The van der Waals surface area contributed by atoms with Gasteiger partial charge in [-0.2, -0.15) is 0 Å². The van der Waals surface area contributed by atoms with Crippen molar-refractivity contribution in [3.63, 3.8) is 0 Å². The van der Waals surface area contributed by atoms with Crippen molar-refractivity contribution in [2.75, 3.05) is 18.0 Å². The Kier molecular flexibility index (Phi) is 3.07. The van der Waals surface area contributed by atoms with E-state index in [2.05, 4.69) is 11.8 Å². The molecule has 1 fully saturated rings. The van der Waals surface area contributed by atoms with E-state index in [1.165, 1.54) is 11.3 Å². The first-order valence-corrected chi connectivity index (χ1v) is 6.00. The Morgan fingerprint density at radius 3 is 3.00 bits per heavy atom. The first kappa shape index (κ1) is 10.6. The van der Waals surface area contributed by atoms with Gasteiger partial charge < -0.3 is 10.0 Å². The predicted octanol–water partition coefficient (Wildman–Crippen LogP) is 1.77. The van der Waals surface area contributed by atoms with Gasteiger partial charge in [0, 0.05) is 13.1 Å². The van der Waals surface area contributed by atoms with Crippen LogP contribution in [-0.2, 0) is 0 Å². The molecule has 1 aliphatic heterocycles. The lowest BCUT2D eigenvalue weighted by Gasteiger charge is -2.34. The van der Waals surface area contributed by atoms with E-state index < -0.39 is 0 Å². The van der Waals surface area contributed by atoms with Gasteiger partial charge in [0.05, 0.1) is 16.0 Å². The SMILES string of the molecule is CC1CCN(c2ccc(C=O)s2)CC1O. The van der Waals surface area contributed by atoms with Crippen molar-refractivity contribution >= 4 is 22.6 Å². The van der Waals surface area contributed by atoms with Gasteiger partial charge in [0.1, 0.15) is 0 Å². The van der Waals surface area contributed by atoms with Crippen LogP contribution in [0.4, 0.5) is 5.00 Å². The van der Waals surface area contributed by atoms with Crippen molar-refractivity contribution in [1.82, 2.24) is 0 Å². The third kappa shape index (κ3) is 2.21. The van der Waals surface area contributed by atoms with Gasteiger partial charge in [-0.1, -0.05) is 6.92 Å². The topological polar surface area (TPSA) is 40.5 Å². The summed E-state index contributed by atoms with van der Waals surface area (Å²) in [5, 5.41) is 10.9. The number of aliphatic hydroxyl groups excluding tert-OH is 1. The highest BCUT2D eigenvalue weighted by atomic mass is 32.1. The fourth-order valence-electron chi connectivity index (χ4n) is 1.82. The third-order valence-corrected chi connectivity index (χ3v) is 4.03. The molecule has 1 saturated heterocycles. The molecule has 0 spiro atoms. The number of aldehydes is 1. The number of thiophene rings is 1. The molecule has 2 unspecified atom stereocenters. The molecule has 82 valence electrons. The monoisotopic (exact) mass is 225 g/mol. The van der Waals surface area contributed by atoms with Gasteiger partial charge in [-0.3, -0.25) is 4.79 Å². The summed E-state index contributed by atoms with van der Waals surface area (Å²) in [5.74, 6) is 0.381. The number of carbonyl (C=O) groups is 1. The Morgan fingerprint density at radius 2 is 2.40 bits per heavy atom. The summed E-state index contributed by atoms with van der Waals surface area (Å²) in [5.41, 5.74) is 0. The van der Waals surface area contributed by atoms with E-state index in [9.17, 15) is 9.90 Å². The predicted molar refractivity (Wildman–Crippen MR) is 61.7 cm³/mol. The van der Waals surface area contributed by atoms with E-state index >= 15 is 0 Å². The molecule has 2 heterocycles. The molecule has 15 heavy (non-hydrogen) atoms. The molecule has 0 aromatic carbocycles. The molecule has 4 heteroatoms. The maximum absolute atomic E-state index is 10.6. The van der Waals surface area contributed by atoms with Gasteiger partial charge in [0.15, 0.2) is 6.29 Å². The highest BCUT2D eigenvalue weighted by Gasteiger charge is 2.24. The zero-order valence-electron chi connectivity index (χ0n) is 8.72. The van der Waals surface area contributed by atoms with Crippen LogP contribution in [0.5, 0.6) is 0 Å². The smallest absolute Gasteiger partial charge is 0.160 e. The molecule has 1 aromatic heterocycles. The summed E-state index contributed by atoms with van der Waals surface area (Å²) < 4.78 is 0. The highest BCUT2D eigenvalue weighted by Crippen LogP contribution is 2.29. The summed E-state index contributed by atoms with van der Waals surface area (Å²) in [6, 6.07) is 3.79. The summed E-state index contributed by atoms with van der Waals surface area (Å²) in [6.07, 6.45) is 1.63. The third-order valence-electron chi connectivity index (χ3n) is 2.96. The molecule has 0 aliphatic carbocycles. The second-order valence-electron chi connectivity index (χ2n) is 4.07. The Hall–Kier alpha value is -0.870. The van der Waals surface area contributed by atoms with Gasteiger partial charge >= 0.3 is 0 Å². The van der Waals surface area contributed by atoms with E-state index in [4.69, 9.17) is 0 Å². The normalized spacial score (nSPS) is 26.7. The first-order valence-electron chi connectivity index (χ1n) is 5.18. The molecule has 0 radical (unpaired) electrons. The van der Waals surface area contributed by atoms with Crippen molar-refractivity contribution in [2.45, 2.75) is 19.4 Å². The number of anilines is 1. The van der Waals surface area contributed by atoms with Crippen molar-refractivity contribution in [2.24, 2.45) is 5.92 Å². The quantitative estimate of drug-likeness (QED) is 0.780. The minimum atomic E-state index is -0.250. The van der Waals surface area contributed by atoms with Crippen LogP contribution in [-0.4, -0.2) is 30.6 Å². The second-order valence-corrected chi connectivity index (χ2v) is 5.17. The summed E-state index contributed by atoms with van der Waals surface area (Å²) in [7, 11) is 0. The minimum Gasteiger partial charge on any atom is -0.391 e.